The van der Waals surface area contributed by atoms with Gasteiger partial charge in [0.05, 0.1) is 18.4 Å². The van der Waals surface area contributed by atoms with Gasteiger partial charge in [0.15, 0.2) is 11.5 Å². The zero-order chi connectivity index (χ0) is 23.7. The molecular weight excluding hydrogens is 458 g/mol. The van der Waals surface area contributed by atoms with Crippen LogP contribution in [0.1, 0.15) is 36.4 Å². The normalized spacial score (nSPS) is 18.7. The molecule has 34 heavy (non-hydrogen) atoms. The van der Waals surface area contributed by atoms with Crippen LogP contribution in [0.25, 0.3) is 0 Å². The Bertz CT molecular complexity index is 1130. The van der Waals surface area contributed by atoms with Crippen LogP contribution in [0.2, 0.25) is 5.02 Å². The number of methoxy groups -OCH3 is 1. The predicted molar refractivity (Wildman–Crippen MR) is 126 cm³/mol. The molecule has 178 valence electrons. The highest BCUT2D eigenvalue weighted by molar-refractivity contribution is 6.34. The Morgan fingerprint density at radius 1 is 1.18 bits per heavy atom. The zero-order valence-corrected chi connectivity index (χ0v) is 19.7. The van der Waals surface area contributed by atoms with Crippen molar-refractivity contribution in [2.75, 3.05) is 33.6 Å². The van der Waals surface area contributed by atoms with Gasteiger partial charge in [-0.05, 0) is 36.6 Å². The molecule has 2 amide bonds. The molecule has 0 spiro atoms. The van der Waals surface area contributed by atoms with E-state index in [1.54, 1.807) is 18.1 Å². The van der Waals surface area contributed by atoms with Crippen molar-refractivity contribution in [3.05, 3.63) is 58.6 Å². The first-order valence-electron chi connectivity index (χ1n) is 11.4. The minimum absolute atomic E-state index is 0.000432. The number of hydrazone groups is 1. The number of carbonyl (C=O) groups excluding carboxylic acids is 2. The third-order valence-electron chi connectivity index (χ3n) is 6.26. The quantitative estimate of drug-likeness (QED) is 0.572. The second-order valence-electron chi connectivity index (χ2n) is 8.62. The lowest BCUT2D eigenvalue weighted by molar-refractivity contribution is -0.142. The first-order valence-corrected chi connectivity index (χ1v) is 11.7. The molecule has 3 aliphatic rings. The SMILES string of the molecule is COCCN(CC(=O)N1N=C(c2ccccc2Cl)C[C@@H]1c1ccc2c(c1)OCO2)C(=O)C1CC1. The maximum Gasteiger partial charge on any atom is 0.262 e. The van der Waals surface area contributed by atoms with E-state index in [1.807, 2.05) is 36.4 Å². The largest absolute Gasteiger partial charge is 0.454 e. The van der Waals surface area contributed by atoms with Crippen LogP contribution in [0.15, 0.2) is 47.6 Å². The van der Waals surface area contributed by atoms with Crippen LogP contribution in [0, 0.1) is 5.92 Å². The highest BCUT2D eigenvalue weighted by Crippen LogP contribution is 2.40. The molecule has 2 aromatic rings. The van der Waals surface area contributed by atoms with E-state index in [0.717, 1.165) is 29.7 Å². The summed E-state index contributed by atoms with van der Waals surface area (Å²) < 4.78 is 16.1. The summed E-state index contributed by atoms with van der Waals surface area (Å²) in [5.41, 5.74) is 2.38. The Morgan fingerprint density at radius 3 is 2.74 bits per heavy atom. The van der Waals surface area contributed by atoms with E-state index in [0.29, 0.717) is 36.1 Å². The number of rotatable bonds is 8. The lowest BCUT2D eigenvalue weighted by atomic mass is 9.98. The fraction of sp³-hybridized carbons (Fsp3) is 0.400. The number of hydrogen-bond acceptors (Lipinski definition) is 6. The van der Waals surface area contributed by atoms with E-state index in [4.69, 9.17) is 30.9 Å². The molecule has 2 aliphatic heterocycles. The Balaban J connectivity index is 1.44. The van der Waals surface area contributed by atoms with E-state index in [-0.39, 0.29) is 37.1 Å². The molecule has 1 aliphatic carbocycles. The van der Waals surface area contributed by atoms with Gasteiger partial charge in [-0.25, -0.2) is 5.01 Å². The predicted octanol–water partition coefficient (Wildman–Crippen LogP) is 3.63. The van der Waals surface area contributed by atoms with Gasteiger partial charge in [-0.15, -0.1) is 0 Å². The smallest absolute Gasteiger partial charge is 0.262 e. The molecule has 0 bridgehead atoms. The summed E-state index contributed by atoms with van der Waals surface area (Å²) >= 11 is 6.44. The Kier molecular flexibility index (Phi) is 6.43. The summed E-state index contributed by atoms with van der Waals surface area (Å²) in [7, 11) is 1.58. The van der Waals surface area contributed by atoms with Crippen molar-refractivity contribution >= 4 is 29.1 Å². The van der Waals surface area contributed by atoms with Crippen molar-refractivity contribution in [1.29, 1.82) is 0 Å². The third-order valence-corrected chi connectivity index (χ3v) is 6.59. The van der Waals surface area contributed by atoms with Crippen molar-refractivity contribution in [2.45, 2.75) is 25.3 Å². The molecule has 0 N–H and O–H groups in total. The summed E-state index contributed by atoms with van der Waals surface area (Å²) in [5, 5.41) is 6.76. The molecule has 2 heterocycles. The van der Waals surface area contributed by atoms with Crippen LogP contribution in [0.3, 0.4) is 0 Å². The Hall–Kier alpha value is -3.10. The molecule has 8 nitrogen and oxygen atoms in total. The summed E-state index contributed by atoms with van der Waals surface area (Å²) in [6, 6.07) is 12.7. The lowest BCUT2D eigenvalue weighted by Crippen LogP contribution is -2.43. The fourth-order valence-electron chi connectivity index (χ4n) is 4.27. The van der Waals surface area contributed by atoms with E-state index in [1.165, 1.54) is 5.01 Å². The maximum atomic E-state index is 13.5. The van der Waals surface area contributed by atoms with Crippen molar-refractivity contribution in [1.82, 2.24) is 9.91 Å². The average molecular weight is 484 g/mol. The van der Waals surface area contributed by atoms with E-state index < -0.39 is 0 Å². The molecule has 9 heteroatoms. The van der Waals surface area contributed by atoms with Crippen molar-refractivity contribution in [3.63, 3.8) is 0 Å². The van der Waals surface area contributed by atoms with Crippen LogP contribution in [0.5, 0.6) is 11.5 Å². The standard InChI is InChI=1S/C25H26ClN3O5/c1-32-11-10-28(25(31)16-6-7-16)14-24(30)29-21(17-8-9-22-23(12-17)34-15-33-22)13-20(27-29)18-4-2-3-5-19(18)26/h2-5,8-9,12,16,21H,6-7,10-11,13-15H2,1H3/t21-/m1/s1. The van der Waals surface area contributed by atoms with Crippen LogP contribution < -0.4 is 9.47 Å². The van der Waals surface area contributed by atoms with Crippen LogP contribution >= 0.6 is 11.6 Å². The van der Waals surface area contributed by atoms with Crippen LogP contribution in [-0.2, 0) is 14.3 Å². The zero-order valence-electron chi connectivity index (χ0n) is 18.9. The van der Waals surface area contributed by atoms with Gasteiger partial charge in [-0.1, -0.05) is 35.9 Å². The van der Waals surface area contributed by atoms with Crippen LogP contribution in [-0.4, -0.2) is 61.0 Å². The van der Waals surface area contributed by atoms with Gasteiger partial charge in [0.25, 0.3) is 5.91 Å². The number of amides is 2. The molecule has 0 unspecified atom stereocenters. The number of benzene rings is 2. The topological polar surface area (TPSA) is 80.7 Å². The molecule has 1 atom stereocenters. The summed E-state index contributed by atoms with van der Waals surface area (Å²) in [5.74, 6) is 1.07. The van der Waals surface area contributed by atoms with E-state index >= 15 is 0 Å². The number of nitrogens with zero attached hydrogens (tertiary/aromatic N) is 3. The van der Waals surface area contributed by atoms with Crippen LogP contribution in [0.4, 0.5) is 0 Å². The number of carbonyl (C=O) groups is 2. The fourth-order valence-corrected chi connectivity index (χ4v) is 4.52. The molecule has 1 fully saturated rings. The highest BCUT2D eigenvalue weighted by atomic mass is 35.5. The molecular formula is C25H26ClN3O5. The van der Waals surface area contributed by atoms with Gasteiger partial charge in [0, 0.05) is 36.6 Å². The van der Waals surface area contributed by atoms with Crippen molar-refractivity contribution in [3.8, 4) is 11.5 Å². The maximum absolute atomic E-state index is 13.5. The monoisotopic (exact) mass is 483 g/mol. The summed E-state index contributed by atoms with van der Waals surface area (Å²) in [6.45, 7) is 0.844. The van der Waals surface area contributed by atoms with Gasteiger partial charge >= 0.3 is 0 Å². The van der Waals surface area contributed by atoms with Crippen molar-refractivity contribution in [2.24, 2.45) is 11.0 Å². The lowest BCUT2D eigenvalue weighted by Gasteiger charge is -2.27. The Morgan fingerprint density at radius 2 is 1.97 bits per heavy atom. The number of halogens is 1. The van der Waals surface area contributed by atoms with Gasteiger partial charge in [-0.2, -0.15) is 5.10 Å². The molecule has 5 rings (SSSR count). The number of fused-ring (bicyclic) bond motifs is 1. The number of hydrogen-bond donors (Lipinski definition) is 0. The molecule has 2 aromatic carbocycles. The summed E-state index contributed by atoms with van der Waals surface area (Å²) in [4.78, 5) is 27.9. The van der Waals surface area contributed by atoms with Gasteiger partial charge in [0.2, 0.25) is 12.7 Å². The third kappa shape index (κ3) is 4.60. The first kappa shape index (κ1) is 22.7. The molecule has 0 radical (unpaired) electrons. The summed E-state index contributed by atoms with van der Waals surface area (Å²) in [6.07, 6.45) is 2.23. The van der Waals surface area contributed by atoms with E-state index in [9.17, 15) is 9.59 Å². The number of ether oxygens (including phenoxy) is 3. The molecule has 1 saturated carbocycles. The minimum atomic E-state index is -0.353. The molecule has 0 saturated heterocycles. The second-order valence-corrected chi connectivity index (χ2v) is 9.03. The Labute approximate surface area is 203 Å². The van der Waals surface area contributed by atoms with Gasteiger partial charge in [0.1, 0.15) is 6.54 Å². The second kappa shape index (κ2) is 9.64. The van der Waals surface area contributed by atoms with Gasteiger partial charge in [-0.3, -0.25) is 9.59 Å². The van der Waals surface area contributed by atoms with Gasteiger partial charge < -0.3 is 19.1 Å². The molecule has 0 aromatic heterocycles. The van der Waals surface area contributed by atoms with E-state index in [2.05, 4.69) is 0 Å². The first-order chi connectivity index (χ1) is 16.5. The highest BCUT2D eigenvalue weighted by Gasteiger charge is 2.38. The minimum Gasteiger partial charge on any atom is -0.454 e. The average Bonchev–Trinajstić information content (AvgIpc) is 3.42. The van der Waals surface area contributed by atoms with Crippen molar-refractivity contribution < 1.29 is 23.8 Å².